The van der Waals surface area contributed by atoms with Crippen molar-refractivity contribution in [3.63, 3.8) is 0 Å². The quantitative estimate of drug-likeness (QED) is 0.406. The first-order chi connectivity index (χ1) is 16.9. The summed E-state index contributed by atoms with van der Waals surface area (Å²) in [5, 5.41) is 6.67. The normalized spacial score (nSPS) is 13.9. The van der Waals surface area contributed by atoms with Gasteiger partial charge in [-0.3, -0.25) is 4.79 Å². The van der Waals surface area contributed by atoms with Gasteiger partial charge < -0.3 is 30.9 Å². The van der Waals surface area contributed by atoms with Crippen molar-refractivity contribution in [3.8, 4) is 5.75 Å². The molecule has 35 heavy (non-hydrogen) atoms. The van der Waals surface area contributed by atoms with Gasteiger partial charge in [-0.25, -0.2) is 4.98 Å². The van der Waals surface area contributed by atoms with Gasteiger partial charge in [0.25, 0.3) is 0 Å². The minimum atomic E-state index is -0.609. The number of para-hydroxylation sites is 1. The molecule has 0 spiro atoms. The molecule has 1 amide bonds. The lowest BCUT2D eigenvalue weighted by molar-refractivity contribution is -0.112. The van der Waals surface area contributed by atoms with E-state index in [1.54, 1.807) is 25.3 Å². The Hall–Kier alpha value is -3.82. The highest BCUT2D eigenvalue weighted by molar-refractivity contribution is 6.33. The Labute approximate surface area is 209 Å². The molecule has 0 bridgehead atoms. The van der Waals surface area contributed by atoms with Crippen LogP contribution in [0, 0.1) is 0 Å². The van der Waals surface area contributed by atoms with E-state index in [1.165, 1.54) is 6.20 Å². The van der Waals surface area contributed by atoms with Crippen LogP contribution in [0.2, 0.25) is 5.02 Å². The molecule has 4 N–H and O–H groups in total. The monoisotopic (exact) mass is 493 g/mol. The Morgan fingerprint density at radius 2 is 1.86 bits per heavy atom. The molecule has 0 unspecified atom stereocenters. The number of aromatic nitrogens is 2. The number of nitrogens with two attached hydrogens (primary N) is 1. The number of nitrogens with one attached hydrogen (secondary N) is 2. The SMILES string of the molecule is C=C(C(N)=O)c1ccccc1Nc1nc(Nc2ccc(N3CCN(C)CC3)cc2OC)ncc1Cl. The van der Waals surface area contributed by atoms with E-state index in [9.17, 15) is 4.79 Å². The third-order valence-electron chi connectivity index (χ3n) is 5.85. The van der Waals surface area contributed by atoms with Crippen molar-refractivity contribution < 1.29 is 9.53 Å². The summed E-state index contributed by atoms with van der Waals surface area (Å²) in [4.78, 5) is 25.1. The second kappa shape index (κ2) is 10.6. The van der Waals surface area contributed by atoms with E-state index in [2.05, 4.69) is 50.1 Å². The average Bonchev–Trinajstić information content (AvgIpc) is 2.86. The van der Waals surface area contributed by atoms with Crippen molar-refractivity contribution in [1.29, 1.82) is 0 Å². The minimum absolute atomic E-state index is 0.182. The van der Waals surface area contributed by atoms with Crippen molar-refractivity contribution in [2.45, 2.75) is 0 Å². The van der Waals surface area contributed by atoms with E-state index >= 15 is 0 Å². The zero-order chi connectivity index (χ0) is 24.9. The van der Waals surface area contributed by atoms with Gasteiger partial charge in [-0.05, 0) is 25.2 Å². The van der Waals surface area contributed by atoms with Gasteiger partial charge in [0.15, 0.2) is 5.82 Å². The first-order valence-corrected chi connectivity index (χ1v) is 11.5. The molecular weight excluding hydrogens is 466 g/mol. The fraction of sp³-hybridized carbons (Fsp3) is 0.240. The van der Waals surface area contributed by atoms with Crippen LogP contribution in [0.15, 0.2) is 55.2 Å². The highest BCUT2D eigenvalue weighted by Crippen LogP contribution is 2.33. The molecule has 1 saturated heterocycles. The number of hydrogen-bond acceptors (Lipinski definition) is 8. The number of piperazine rings is 1. The van der Waals surface area contributed by atoms with Crippen molar-refractivity contribution in [2.75, 3.05) is 55.9 Å². The Balaban J connectivity index is 1.56. The van der Waals surface area contributed by atoms with Gasteiger partial charge in [-0.15, -0.1) is 0 Å². The van der Waals surface area contributed by atoms with Crippen LogP contribution in [-0.4, -0.2) is 61.1 Å². The number of primary amides is 1. The van der Waals surface area contributed by atoms with E-state index < -0.39 is 5.91 Å². The second-order valence-electron chi connectivity index (χ2n) is 8.20. The largest absolute Gasteiger partial charge is 0.494 e. The van der Waals surface area contributed by atoms with Gasteiger partial charge in [0.1, 0.15) is 10.8 Å². The number of benzene rings is 2. The first kappa shape index (κ1) is 24.3. The lowest BCUT2D eigenvalue weighted by Crippen LogP contribution is -2.44. The van der Waals surface area contributed by atoms with Gasteiger partial charge in [0, 0.05) is 54.8 Å². The molecule has 2 heterocycles. The van der Waals surface area contributed by atoms with Gasteiger partial charge in [0.05, 0.1) is 19.0 Å². The maximum atomic E-state index is 11.6. The molecule has 0 aliphatic carbocycles. The number of carbonyl (C=O) groups is 1. The fourth-order valence-electron chi connectivity index (χ4n) is 3.80. The Bertz CT molecular complexity index is 1240. The zero-order valence-corrected chi connectivity index (χ0v) is 20.5. The fourth-order valence-corrected chi connectivity index (χ4v) is 3.93. The third-order valence-corrected chi connectivity index (χ3v) is 6.12. The van der Waals surface area contributed by atoms with E-state index in [4.69, 9.17) is 22.1 Å². The van der Waals surface area contributed by atoms with E-state index in [1.807, 2.05) is 18.2 Å². The minimum Gasteiger partial charge on any atom is -0.494 e. The topological polar surface area (TPSA) is 109 Å². The Morgan fingerprint density at radius 1 is 1.11 bits per heavy atom. The molecule has 182 valence electrons. The average molecular weight is 494 g/mol. The number of ether oxygens (including phenoxy) is 1. The zero-order valence-electron chi connectivity index (χ0n) is 19.7. The summed E-state index contributed by atoms with van der Waals surface area (Å²) >= 11 is 6.36. The molecule has 1 aromatic heterocycles. The van der Waals surface area contributed by atoms with Gasteiger partial charge in [0.2, 0.25) is 11.9 Å². The highest BCUT2D eigenvalue weighted by Gasteiger charge is 2.17. The van der Waals surface area contributed by atoms with E-state index in [-0.39, 0.29) is 5.57 Å². The van der Waals surface area contributed by atoms with Crippen LogP contribution in [0.5, 0.6) is 5.75 Å². The maximum absolute atomic E-state index is 11.6. The van der Waals surface area contributed by atoms with Crippen molar-refractivity contribution in [1.82, 2.24) is 14.9 Å². The van der Waals surface area contributed by atoms with Crippen molar-refractivity contribution in [2.24, 2.45) is 5.73 Å². The molecular formula is C25H28ClN7O2. The van der Waals surface area contributed by atoms with Crippen LogP contribution in [0.25, 0.3) is 5.57 Å². The van der Waals surface area contributed by atoms with Crippen molar-refractivity contribution in [3.05, 3.63) is 65.8 Å². The summed E-state index contributed by atoms with van der Waals surface area (Å²) in [6, 6.07) is 13.2. The molecule has 1 fully saturated rings. The summed E-state index contributed by atoms with van der Waals surface area (Å²) < 4.78 is 5.63. The molecule has 3 aromatic rings. The lowest BCUT2D eigenvalue weighted by atomic mass is 10.0. The summed E-state index contributed by atoms with van der Waals surface area (Å²) in [5.41, 5.74) is 8.58. The van der Waals surface area contributed by atoms with Crippen molar-refractivity contribution >= 4 is 51.9 Å². The molecule has 2 aromatic carbocycles. The molecule has 1 aliphatic rings. The first-order valence-electron chi connectivity index (χ1n) is 11.1. The number of rotatable bonds is 8. The van der Waals surface area contributed by atoms with E-state index in [0.29, 0.717) is 33.8 Å². The molecule has 0 atom stereocenters. The number of carbonyl (C=O) groups excluding carboxylic acids is 1. The number of anilines is 5. The third kappa shape index (κ3) is 5.64. The number of halogens is 1. The highest BCUT2D eigenvalue weighted by atomic mass is 35.5. The smallest absolute Gasteiger partial charge is 0.248 e. The molecule has 0 radical (unpaired) electrons. The predicted octanol–water partition coefficient (Wildman–Crippen LogP) is 3.88. The number of hydrogen-bond donors (Lipinski definition) is 3. The summed E-state index contributed by atoms with van der Waals surface area (Å²) in [5.74, 6) is 0.760. The Kier molecular flexibility index (Phi) is 7.38. The number of amides is 1. The van der Waals surface area contributed by atoms with Crippen LogP contribution in [0.1, 0.15) is 5.56 Å². The number of likely N-dealkylation sites (N-methyl/N-ethyl adjacent to an activating group) is 1. The summed E-state index contributed by atoms with van der Waals surface area (Å²) in [6.07, 6.45) is 1.50. The molecule has 10 heteroatoms. The summed E-state index contributed by atoms with van der Waals surface area (Å²) in [7, 11) is 3.76. The molecule has 9 nitrogen and oxygen atoms in total. The van der Waals surface area contributed by atoms with Crippen LogP contribution >= 0.6 is 11.6 Å². The van der Waals surface area contributed by atoms with Crippen LogP contribution in [0.4, 0.5) is 28.8 Å². The maximum Gasteiger partial charge on any atom is 0.248 e. The second-order valence-corrected chi connectivity index (χ2v) is 8.61. The van der Waals surface area contributed by atoms with Gasteiger partial charge >= 0.3 is 0 Å². The summed E-state index contributed by atoms with van der Waals surface area (Å²) in [6.45, 7) is 7.74. The molecule has 1 aliphatic heterocycles. The van der Waals surface area contributed by atoms with Gasteiger partial charge in [-0.2, -0.15) is 4.98 Å². The molecule has 0 saturated carbocycles. The van der Waals surface area contributed by atoms with Crippen LogP contribution in [-0.2, 0) is 4.79 Å². The molecule has 4 rings (SSSR count). The van der Waals surface area contributed by atoms with Gasteiger partial charge in [-0.1, -0.05) is 36.4 Å². The number of nitrogens with zero attached hydrogens (tertiary/aromatic N) is 4. The lowest BCUT2D eigenvalue weighted by Gasteiger charge is -2.34. The van der Waals surface area contributed by atoms with Crippen LogP contribution in [0.3, 0.4) is 0 Å². The Morgan fingerprint density at radius 3 is 2.57 bits per heavy atom. The van der Waals surface area contributed by atoms with E-state index in [0.717, 1.165) is 37.6 Å². The van der Waals surface area contributed by atoms with Crippen LogP contribution < -0.4 is 26.0 Å². The number of methoxy groups -OCH3 is 1. The standard InChI is InChI=1S/C25H28ClN7O2/c1-16(23(27)34)18-6-4-5-7-20(18)29-24-19(26)15-28-25(31-24)30-21-9-8-17(14-22(21)35-3)33-12-10-32(2)11-13-33/h4-9,14-15H,1,10-13H2,2-3H3,(H2,27,34)(H2,28,29,30,31). The predicted molar refractivity (Wildman–Crippen MR) is 141 cm³/mol.